The number of ether oxygens (including phenoxy) is 3. The first-order valence-electron chi connectivity index (χ1n) is 11.7. The van der Waals surface area contributed by atoms with Crippen molar-refractivity contribution >= 4 is 58.6 Å². The highest BCUT2D eigenvalue weighted by molar-refractivity contribution is 6.67. The van der Waals surface area contributed by atoms with Gasteiger partial charge in [-0.2, -0.15) is 0 Å². The van der Waals surface area contributed by atoms with Crippen molar-refractivity contribution in [3.63, 3.8) is 0 Å². The summed E-state index contributed by atoms with van der Waals surface area (Å²) >= 11 is 16.8. The summed E-state index contributed by atoms with van der Waals surface area (Å²) in [5.41, 5.74) is 2.80. The van der Waals surface area contributed by atoms with E-state index in [2.05, 4.69) is 10.7 Å². The zero-order chi connectivity index (χ0) is 27.6. The van der Waals surface area contributed by atoms with Crippen LogP contribution in [0.1, 0.15) is 47.5 Å². The lowest BCUT2D eigenvalue weighted by Gasteiger charge is -2.34. The summed E-state index contributed by atoms with van der Waals surface area (Å²) in [6.07, 6.45) is 2.81. The Balaban J connectivity index is 2.76. The molecule has 0 spiro atoms. The zero-order valence-corrected chi connectivity index (χ0v) is 23.7. The van der Waals surface area contributed by atoms with E-state index in [9.17, 15) is 19.2 Å². The predicted octanol–water partition coefficient (Wildman–Crippen LogP) is 2.70. The smallest absolute Gasteiger partial charge is 0.325 e. The van der Waals surface area contributed by atoms with Crippen LogP contribution in [0.5, 0.6) is 0 Å². The summed E-state index contributed by atoms with van der Waals surface area (Å²) in [4.78, 5) is 50.8. The molecule has 2 amide bonds. The van der Waals surface area contributed by atoms with Gasteiger partial charge in [0.25, 0.3) is 11.8 Å². The average molecular weight is 573 g/mol. The molecule has 206 valence electrons. The maximum atomic E-state index is 12.9. The first-order chi connectivity index (χ1) is 16.7. The molecule has 0 saturated carbocycles. The number of alkyl halides is 3. The Morgan fingerprint density at radius 2 is 1.81 bits per heavy atom. The molecule has 0 aliphatic carbocycles. The maximum Gasteiger partial charge on any atom is 0.325 e. The summed E-state index contributed by atoms with van der Waals surface area (Å²) in [7, 11) is 1.48. The fourth-order valence-corrected chi connectivity index (χ4v) is 3.62. The van der Waals surface area contributed by atoms with E-state index in [1.165, 1.54) is 19.0 Å². The fraction of sp³-hybridized carbons (Fsp3) is 0.739. The molecular weight excluding hydrogens is 537 g/mol. The standard InChI is InChI=1S/C23H36Cl3N3O7/c1-7-9-17(34-6)14(4)21(32)36-18(13(2)3)19(30)27-15(5)20(31)29-11-8-10-16(28-29)22(33)35-12-23(24,25)26/h7,9,13-18,28H,8,10-12H2,1-6H3,(H,27,30)/b9-7+/t14-,15+,16+,17-,18+/m1/s1. The summed E-state index contributed by atoms with van der Waals surface area (Å²) in [6, 6.07) is -1.78. The molecule has 5 atom stereocenters. The van der Waals surface area contributed by atoms with E-state index in [0.29, 0.717) is 19.4 Å². The Morgan fingerprint density at radius 1 is 1.17 bits per heavy atom. The van der Waals surface area contributed by atoms with Gasteiger partial charge in [-0.05, 0) is 39.5 Å². The number of carbonyl (C=O) groups excluding carboxylic acids is 4. The molecule has 0 unspecified atom stereocenters. The predicted molar refractivity (Wildman–Crippen MR) is 136 cm³/mol. The van der Waals surface area contributed by atoms with Crippen LogP contribution in [0.25, 0.3) is 0 Å². The van der Waals surface area contributed by atoms with Crippen LogP contribution in [0.2, 0.25) is 0 Å². The molecular formula is C23H36Cl3N3O7. The molecule has 13 heteroatoms. The first kappa shape index (κ1) is 32.4. The largest absolute Gasteiger partial charge is 0.460 e. The van der Waals surface area contributed by atoms with Gasteiger partial charge in [0.1, 0.15) is 18.7 Å². The van der Waals surface area contributed by atoms with Crippen molar-refractivity contribution in [2.45, 2.75) is 75.5 Å². The molecule has 0 radical (unpaired) electrons. The molecule has 0 aromatic rings. The maximum absolute atomic E-state index is 12.9. The third-order valence-corrected chi connectivity index (χ3v) is 5.80. The van der Waals surface area contributed by atoms with E-state index in [4.69, 9.17) is 49.0 Å². The van der Waals surface area contributed by atoms with Gasteiger partial charge >= 0.3 is 11.9 Å². The summed E-state index contributed by atoms with van der Waals surface area (Å²) in [5, 5.41) is 3.84. The van der Waals surface area contributed by atoms with Gasteiger partial charge in [0, 0.05) is 13.7 Å². The minimum atomic E-state index is -1.75. The number of rotatable bonds is 11. The monoisotopic (exact) mass is 571 g/mol. The van der Waals surface area contributed by atoms with Crippen molar-refractivity contribution in [3.8, 4) is 0 Å². The zero-order valence-electron chi connectivity index (χ0n) is 21.4. The number of carbonyl (C=O) groups is 4. The normalized spacial score (nSPS) is 19.9. The number of hydrogen-bond acceptors (Lipinski definition) is 8. The summed E-state index contributed by atoms with van der Waals surface area (Å²) in [6.45, 7) is 8.30. The van der Waals surface area contributed by atoms with Crippen LogP contribution in [0.3, 0.4) is 0 Å². The molecule has 1 aliphatic rings. The number of nitrogens with one attached hydrogen (secondary N) is 2. The van der Waals surface area contributed by atoms with E-state index in [-0.39, 0.29) is 5.92 Å². The third kappa shape index (κ3) is 10.4. The number of hydrazine groups is 1. The second-order valence-corrected chi connectivity index (χ2v) is 11.4. The van der Waals surface area contributed by atoms with E-state index in [0.717, 1.165) is 0 Å². The van der Waals surface area contributed by atoms with Gasteiger partial charge in [-0.25, -0.2) is 5.43 Å². The van der Waals surface area contributed by atoms with Gasteiger partial charge in [0.2, 0.25) is 3.79 Å². The Hall–Kier alpha value is -1.59. The van der Waals surface area contributed by atoms with Gasteiger partial charge in [-0.1, -0.05) is 60.8 Å². The number of esters is 2. The van der Waals surface area contributed by atoms with Crippen LogP contribution in [0.4, 0.5) is 0 Å². The Bertz CT molecular complexity index is 804. The van der Waals surface area contributed by atoms with Crippen LogP contribution < -0.4 is 10.7 Å². The van der Waals surface area contributed by atoms with Crippen molar-refractivity contribution in [2.24, 2.45) is 11.8 Å². The van der Waals surface area contributed by atoms with Crippen LogP contribution in [-0.2, 0) is 33.4 Å². The Kier molecular flexibility index (Phi) is 13.5. The molecule has 2 N–H and O–H groups in total. The van der Waals surface area contributed by atoms with Crippen molar-refractivity contribution in [1.82, 2.24) is 15.8 Å². The van der Waals surface area contributed by atoms with Crippen LogP contribution in [-0.4, -0.2) is 77.1 Å². The lowest BCUT2D eigenvalue weighted by Crippen LogP contribution is -2.60. The molecule has 1 fully saturated rings. The molecule has 0 bridgehead atoms. The summed E-state index contributed by atoms with van der Waals surface area (Å²) in [5.74, 6) is -3.34. The van der Waals surface area contributed by atoms with Gasteiger partial charge in [-0.15, -0.1) is 0 Å². The van der Waals surface area contributed by atoms with E-state index in [1.54, 1.807) is 39.8 Å². The van der Waals surface area contributed by atoms with Crippen molar-refractivity contribution < 1.29 is 33.4 Å². The number of allylic oxidation sites excluding steroid dienone is 1. The quantitative estimate of drug-likeness (QED) is 0.220. The number of nitrogens with zero attached hydrogens (tertiary/aromatic N) is 1. The van der Waals surface area contributed by atoms with Crippen LogP contribution in [0.15, 0.2) is 12.2 Å². The Morgan fingerprint density at radius 3 is 2.33 bits per heavy atom. The van der Waals surface area contributed by atoms with Crippen molar-refractivity contribution in [2.75, 3.05) is 20.3 Å². The highest BCUT2D eigenvalue weighted by Gasteiger charge is 2.35. The van der Waals surface area contributed by atoms with E-state index < -0.39 is 64.4 Å². The van der Waals surface area contributed by atoms with E-state index >= 15 is 0 Å². The van der Waals surface area contributed by atoms with Gasteiger partial charge in [0.05, 0.1) is 12.0 Å². The lowest BCUT2D eigenvalue weighted by molar-refractivity contribution is -0.165. The Labute approximate surface area is 227 Å². The molecule has 36 heavy (non-hydrogen) atoms. The molecule has 1 rings (SSSR count). The minimum Gasteiger partial charge on any atom is -0.460 e. The van der Waals surface area contributed by atoms with Crippen LogP contribution >= 0.6 is 34.8 Å². The first-order valence-corrected chi connectivity index (χ1v) is 12.8. The molecule has 1 saturated heterocycles. The highest BCUT2D eigenvalue weighted by atomic mass is 35.6. The van der Waals surface area contributed by atoms with E-state index in [1.807, 2.05) is 0 Å². The fourth-order valence-electron chi connectivity index (χ4n) is 3.46. The van der Waals surface area contributed by atoms with Crippen molar-refractivity contribution in [3.05, 3.63) is 12.2 Å². The summed E-state index contributed by atoms with van der Waals surface area (Å²) < 4.78 is 14.0. The van der Waals surface area contributed by atoms with Gasteiger partial charge in [0.15, 0.2) is 6.10 Å². The minimum absolute atomic E-state index is 0.316. The topological polar surface area (TPSA) is 123 Å². The highest BCUT2D eigenvalue weighted by Crippen LogP contribution is 2.26. The molecule has 1 aliphatic heterocycles. The van der Waals surface area contributed by atoms with Crippen LogP contribution in [0, 0.1) is 11.8 Å². The van der Waals surface area contributed by atoms with Gasteiger partial charge in [-0.3, -0.25) is 24.2 Å². The number of methoxy groups -OCH3 is 1. The lowest BCUT2D eigenvalue weighted by atomic mass is 10.0. The average Bonchev–Trinajstić information content (AvgIpc) is 2.82. The van der Waals surface area contributed by atoms with Crippen molar-refractivity contribution in [1.29, 1.82) is 0 Å². The molecule has 1 heterocycles. The second kappa shape index (κ2) is 15.0. The van der Waals surface area contributed by atoms with Gasteiger partial charge < -0.3 is 19.5 Å². The third-order valence-electron chi connectivity index (χ3n) is 5.47. The SMILES string of the molecule is C/C=C/[C@@H](OC)[C@@H](C)C(=O)O[C@H](C(=O)N[C@@H](C)C(=O)N1CCC[C@@H](C(=O)OCC(Cl)(Cl)Cl)N1)C(C)C. The molecule has 0 aromatic heterocycles. The second-order valence-electron chi connectivity index (χ2n) is 8.88. The number of halogens is 3. The molecule has 0 aromatic carbocycles. The number of hydrogen-bond donors (Lipinski definition) is 2. The number of amides is 2. The molecule has 10 nitrogen and oxygen atoms in total.